The first kappa shape index (κ1) is 10.1. The van der Waals surface area contributed by atoms with Gasteiger partial charge in [-0.25, -0.2) is 0 Å². The van der Waals surface area contributed by atoms with Gasteiger partial charge in [-0.15, -0.1) is 0 Å². The lowest BCUT2D eigenvalue weighted by Crippen LogP contribution is -2.52. The van der Waals surface area contributed by atoms with Crippen molar-refractivity contribution in [2.24, 2.45) is 23.6 Å². The van der Waals surface area contributed by atoms with Gasteiger partial charge in [-0.2, -0.15) is 0 Å². The molecule has 4 aliphatic carbocycles. The van der Waals surface area contributed by atoms with Crippen molar-refractivity contribution in [1.82, 2.24) is 5.43 Å². The smallest absolute Gasteiger partial charge is 0.0691 e. The number of rotatable bonds is 4. The SMILES string of the molecule is NNCCOC12CC3CC(CC(C3)C1)C2. The first-order valence-corrected chi connectivity index (χ1v) is 6.37. The molecule has 86 valence electrons. The molecule has 0 spiro atoms. The Balaban J connectivity index is 1.65. The molecule has 4 bridgehead atoms. The van der Waals surface area contributed by atoms with Crippen LogP contribution in [0.4, 0.5) is 0 Å². The molecule has 0 aromatic heterocycles. The molecule has 0 unspecified atom stereocenters. The highest BCUT2D eigenvalue weighted by atomic mass is 16.5. The molecule has 3 nitrogen and oxygen atoms in total. The van der Waals surface area contributed by atoms with E-state index in [2.05, 4.69) is 5.43 Å². The van der Waals surface area contributed by atoms with Crippen LogP contribution in [0.5, 0.6) is 0 Å². The van der Waals surface area contributed by atoms with Crippen LogP contribution in [0.15, 0.2) is 0 Å². The second kappa shape index (κ2) is 3.72. The third kappa shape index (κ3) is 1.81. The summed E-state index contributed by atoms with van der Waals surface area (Å²) in [6, 6.07) is 0. The molecule has 4 rings (SSSR count). The Hall–Kier alpha value is -0.120. The van der Waals surface area contributed by atoms with E-state index in [1.165, 1.54) is 38.5 Å². The van der Waals surface area contributed by atoms with Gasteiger partial charge in [0.2, 0.25) is 0 Å². The molecular weight excluding hydrogens is 188 g/mol. The summed E-state index contributed by atoms with van der Waals surface area (Å²) >= 11 is 0. The Kier molecular flexibility index (Phi) is 2.49. The van der Waals surface area contributed by atoms with E-state index in [4.69, 9.17) is 10.6 Å². The van der Waals surface area contributed by atoms with E-state index in [0.29, 0.717) is 0 Å². The lowest BCUT2D eigenvalue weighted by molar-refractivity contribution is -0.161. The van der Waals surface area contributed by atoms with Crippen molar-refractivity contribution in [1.29, 1.82) is 0 Å². The van der Waals surface area contributed by atoms with Gasteiger partial charge in [0.1, 0.15) is 0 Å². The number of ether oxygens (including phenoxy) is 1. The van der Waals surface area contributed by atoms with Crippen LogP contribution < -0.4 is 11.3 Å². The molecule has 4 aliphatic rings. The third-order valence-corrected chi connectivity index (χ3v) is 4.64. The van der Waals surface area contributed by atoms with Crippen LogP contribution in [0.3, 0.4) is 0 Å². The van der Waals surface area contributed by atoms with E-state index in [-0.39, 0.29) is 5.60 Å². The van der Waals surface area contributed by atoms with Crippen LogP contribution >= 0.6 is 0 Å². The van der Waals surface area contributed by atoms with Crippen LogP contribution in [0.2, 0.25) is 0 Å². The predicted octanol–water partition coefficient (Wildman–Crippen LogP) is 1.44. The molecular formula is C12H22N2O. The maximum atomic E-state index is 6.14. The zero-order valence-electron chi connectivity index (χ0n) is 9.37. The standard InChI is InChI=1S/C12H22N2O/c13-14-1-2-15-12-6-9-3-10(7-12)5-11(4-9)8-12/h9-11,14H,1-8,13H2. The average molecular weight is 210 g/mol. The fourth-order valence-electron chi connectivity index (χ4n) is 4.53. The van der Waals surface area contributed by atoms with Crippen LogP contribution in [-0.2, 0) is 4.74 Å². The molecule has 0 aromatic rings. The number of hydrogen-bond donors (Lipinski definition) is 2. The Labute approximate surface area is 91.7 Å². The van der Waals surface area contributed by atoms with Crippen LogP contribution in [-0.4, -0.2) is 18.8 Å². The summed E-state index contributed by atoms with van der Waals surface area (Å²) in [5.74, 6) is 8.20. The average Bonchev–Trinajstić information content (AvgIpc) is 2.15. The summed E-state index contributed by atoms with van der Waals surface area (Å²) < 4.78 is 6.14. The number of hydrogen-bond acceptors (Lipinski definition) is 3. The largest absolute Gasteiger partial charge is 0.374 e. The number of hydrazine groups is 1. The molecule has 3 heteroatoms. The van der Waals surface area contributed by atoms with Gasteiger partial charge in [0.25, 0.3) is 0 Å². The third-order valence-electron chi connectivity index (χ3n) is 4.64. The highest BCUT2D eigenvalue weighted by molar-refractivity contribution is 5.03. The normalized spacial score (nSPS) is 47.4. The molecule has 0 amide bonds. The Morgan fingerprint density at radius 1 is 1.07 bits per heavy atom. The minimum Gasteiger partial charge on any atom is -0.374 e. The van der Waals surface area contributed by atoms with Crippen molar-refractivity contribution in [3.63, 3.8) is 0 Å². The Morgan fingerprint density at radius 3 is 2.07 bits per heavy atom. The zero-order chi connectivity index (χ0) is 10.3. The van der Waals surface area contributed by atoms with Crippen LogP contribution in [0, 0.1) is 17.8 Å². The van der Waals surface area contributed by atoms with E-state index < -0.39 is 0 Å². The van der Waals surface area contributed by atoms with Crippen molar-refractivity contribution >= 4 is 0 Å². The highest BCUT2D eigenvalue weighted by Gasteiger charge is 2.51. The van der Waals surface area contributed by atoms with E-state index in [0.717, 1.165) is 30.9 Å². The number of nitrogens with one attached hydrogen (secondary N) is 1. The fourth-order valence-corrected chi connectivity index (χ4v) is 4.53. The van der Waals surface area contributed by atoms with E-state index in [9.17, 15) is 0 Å². The lowest BCUT2D eigenvalue weighted by Gasteiger charge is -2.56. The van der Waals surface area contributed by atoms with Gasteiger partial charge in [-0.3, -0.25) is 11.3 Å². The lowest BCUT2D eigenvalue weighted by atomic mass is 9.54. The molecule has 0 saturated heterocycles. The Morgan fingerprint density at radius 2 is 1.60 bits per heavy atom. The summed E-state index contributed by atoms with van der Waals surface area (Å²) in [7, 11) is 0. The first-order valence-electron chi connectivity index (χ1n) is 6.37. The summed E-state index contributed by atoms with van der Waals surface area (Å²) in [6.45, 7) is 1.56. The highest BCUT2D eigenvalue weighted by Crippen LogP contribution is 2.56. The quantitative estimate of drug-likeness (QED) is 0.419. The van der Waals surface area contributed by atoms with Gasteiger partial charge in [0, 0.05) is 6.54 Å². The second-order valence-electron chi connectivity index (χ2n) is 5.90. The van der Waals surface area contributed by atoms with Crippen molar-refractivity contribution in [3.8, 4) is 0 Å². The maximum absolute atomic E-state index is 6.14. The van der Waals surface area contributed by atoms with Gasteiger partial charge in [0.05, 0.1) is 12.2 Å². The summed E-state index contributed by atoms with van der Waals surface area (Å²) in [5.41, 5.74) is 2.93. The maximum Gasteiger partial charge on any atom is 0.0691 e. The van der Waals surface area contributed by atoms with Crippen molar-refractivity contribution in [3.05, 3.63) is 0 Å². The number of nitrogens with two attached hydrogens (primary N) is 1. The van der Waals surface area contributed by atoms with Crippen LogP contribution in [0.1, 0.15) is 38.5 Å². The van der Waals surface area contributed by atoms with Gasteiger partial charge in [-0.1, -0.05) is 0 Å². The van der Waals surface area contributed by atoms with Crippen molar-refractivity contribution in [2.75, 3.05) is 13.2 Å². The van der Waals surface area contributed by atoms with Gasteiger partial charge in [-0.05, 0) is 56.3 Å². The minimum absolute atomic E-state index is 0.256. The minimum atomic E-state index is 0.256. The van der Waals surface area contributed by atoms with Crippen molar-refractivity contribution < 1.29 is 4.74 Å². The zero-order valence-corrected chi connectivity index (χ0v) is 9.37. The first-order chi connectivity index (χ1) is 7.30. The van der Waals surface area contributed by atoms with E-state index >= 15 is 0 Å². The molecule has 0 aliphatic heterocycles. The van der Waals surface area contributed by atoms with Crippen molar-refractivity contribution in [2.45, 2.75) is 44.1 Å². The summed E-state index contributed by atoms with van der Waals surface area (Å²) in [6.07, 6.45) is 8.42. The van der Waals surface area contributed by atoms with Gasteiger partial charge < -0.3 is 4.74 Å². The molecule has 4 saturated carbocycles. The molecule has 0 aromatic carbocycles. The van der Waals surface area contributed by atoms with Gasteiger partial charge in [0.15, 0.2) is 0 Å². The summed E-state index contributed by atoms with van der Waals surface area (Å²) in [4.78, 5) is 0. The Bertz CT molecular complexity index is 206. The molecule has 0 heterocycles. The molecule has 15 heavy (non-hydrogen) atoms. The monoisotopic (exact) mass is 210 g/mol. The second-order valence-corrected chi connectivity index (χ2v) is 5.90. The van der Waals surface area contributed by atoms with Crippen LogP contribution in [0.25, 0.3) is 0 Å². The van der Waals surface area contributed by atoms with E-state index in [1.807, 2.05) is 0 Å². The fraction of sp³-hybridized carbons (Fsp3) is 1.00. The van der Waals surface area contributed by atoms with Gasteiger partial charge >= 0.3 is 0 Å². The molecule has 3 N–H and O–H groups in total. The summed E-state index contributed by atoms with van der Waals surface area (Å²) in [5, 5.41) is 0. The molecule has 4 fully saturated rings. The molecule has 0 atom stereocenters. The molecule has 0 radical (unpaired) electrons. The topological polar surface area (TPSA) is 47.3 Å². The van der Waals surface area contributed by atoms with E-state index in [1.54, 1.807) is 0 Å². The predicted molar refractivity (Wildman–Crippen MR) is 59.0 cm³/mol.